The summed E-state index contributed by atoms with van der Waals surface area (Å²) >= 11 is 3.86. The number of ether oxygens (including phenoxy) is 2. The van der Waals surface area contributed by atoms with Gasteiger partial charge in [0.15, 0.2) is 0 Å². The fourth-order valence-corrected chi connectivity index (χ4v) is 6.11. The summed E-state index contributed by atoms with van der Waals surface area (Å²) in [6.45, 7) is 9.57. The van der Waals surface area contributed by atoms with Crippen LogP contribution in [0.3, 0.4) is 0 Å². The van der Waals surface area contributed by atoms with Gasteiger partial charge < -0.3 is 19.4 Å². The number of benzene rings is 1. The number of rotatable bonds is 6. The van der Waals surface area contributed by atoms with Crippen LogP contribution in [0.5, 0.6) is 11.5 Å². The Morgan fingerprint density at radius 2 is 1.97 bits per heavy atom. The zero-order valence-corrected chi connectivity index (χ0v) is 22.7. The van der Waals surface area contributed by atoms with Crippen LogP contribution < -0.4 is 9.64 Å². The van der Waals surface area contributed by atoms with Crippen molar-refractivity contribution < 1.29 is 14.3 Å². The molecule has 7 nitrogen and oxygen atoms in total. The number of nitrogens with zero attached hydrogens (tertiary/aromatic N) is 3. The lowest BCUT2D eigenvalue weighted by Gasteiger charge is -2.38. The summed E-state index contributed by atoms with van der Waals surface area (Å²) < 4.78 is 12.6. The van der Waals surface area contributed by atoms with Crippen LogP contribution in [0.25, 0.3) is 11.0 Å². The number of piperazine rings is 1. The van der Waals surface area contributed by atoms with Crippen molar-refractivity contribution in [3.63, 3.8) is 0 Å². The second-order valence-electron chi connectivity index (χ2n) is 10.5. The summed E-state index contributed by atoms with van der Waals surface area (Å²) in [5.41, 5.74) is 4.16. The zero-order chi connectivity index (χ0) is 25.3. The Hall–Kier alpha value is -2.84. The summed E-state index contributed by atoms with van der Waals surface area (Å²) in [5.74, 6) is 0.618. The average molecular weight is 554 g/mol. The molecule has 0 amide bonds. The third-order valence-electron chi connectivity index (χ3n) is 7.25. The van der Waals surface area contributed by atoms with Crippen molar-refractivity contribution >= 4 is 38.6 Å². The van der Waals surface area contributed by atoms with Gasteiger partial charge >= 0.3 is 5.97 Å². The van der Waals surface area contributed by atoms with Gasteiger partial charge in [0.2, 0.25) is 0 Å². The Bertz CT molecular complexity index is 1290. The van der Waals surface area contributed by atoms with E-state index in [2.05, 4.69) is 49.5 Å². The van der Waals surface area contributed by atoms with E-state index in [9.17, 15) is 4.79 Å². The summed E-state index contributed by atoms with van der Waals surface area (Å²) in [7, 11) is 1.38. The van der Waals surface area contributed by atoms with Crippen LogP contribution in [0.4, 0.5) is 5.69 Å². The van der Waals surface area contributed by atoms with Crippen molar-refractivity contribution in [2.75, 3.05) is 44.7 Å². The van der Waals surface area contributed by atoms with E-state index in [0.29, 0.717) is 22.5 Å². The number of aromatic amines is 1. The summed E-state index contributed by atoms with van der Waals surface area (Å²) in [6, 6.07) is 9.55. The number of allylic oxidation sites excluding steroid dienone is 1. The zero-order valence-electron chi connectivity index (χ0n) is 21.1. The van der Waals surface area contributed by atoms with Crippen molar-refractivity contribution in [3.8, 4) is 11.5 Å². The van der Waals surface area contributed by atoms with Gasteiger partial charge in [0, 0.05) is 56.1 Å². The lowest BCUT2D eigenvalue weighted by Crippen LogP contribution is -2.47. The molecule has 1 aliphatic heterocycles. The van der Waals surface area contributed by atoms with E-state index in [1.54, 1.807) is 17.8 Å². The number of aromatic nitrogens is 2. The van der Waals surface area contributed by atoms with E-state index in [-0.39, 0.29) is 0 Å². The number of carbonyl (C=O) groups is 1. The molecule has 3 aromatic rings. The Morgan fingerprint density at radius 1 is 1.17 bits per heavy atom. The highest BCUT2D eigenvalue weighted by atomic mass is 79.9. The summed E-state index contributed by atoms with van der Waals surface area (Å²) in [6.07, 6.45) is 7.05. The Kier molecular flexibility index (Phi) is 7.08. The van der Waals surface area contributed by atoms with Crippen LogP contribution in [0.15, 0.2) is 52.8 Å². The molecule has 36 heavy (non-hydrogen) atoms. The van der Waals surface area contributed by atoms with E-state index in [4.69, 9.17) is 9.47 Å². The molecule has 1 saturated heterocycles. The molecular formula is C28H33BrN4O3. The van der Waals surface area contributed by atoms with E-state index >= 15 is 0 Å². The molecule has 0 atom stereocenters. The van der Waals surface area contributed by atoms with Crippen LogP contribution in [0.1, 0.15) is 43.5 Å². The number of fused-ring (bicyclic) bond motifs is 1. The maximum Gasteiger partial charge on any atom is 0.341 e. The molecule has 2 aliphatic rings. The second kappa shape index (κ2) is 10.3. The van der Waals surface area contributed by atoms with Gasteiger partial charge in [0.05, 0.1) is 13.3 Å². The fraction of sp³-hybridized carbons (Fsp3) is 0.429. The van der Waals surface area contributed by atoms with E-state index in [1.807, 2.05) is 30.5 Å². The number of H-pyrrole nitrogens is 1. The molecule has 0 radical (unpaired) electrons. The largest absolute Gasteiger partial charge is 0.465 e. The van der Waals surface area contributed by atoms with Gasteiger partial charge in [0.1, 0.15) is 22.7 Å². The molecule has 2 aromatic heterocycles. The Labute approximate surface area is 220 Å². The first-order valence-corrected chi connectivity index (χ1v) is 13.3. The molecule has 8 heteroatoms. The molecule has 1 aliphatic carbocycles. The van der Waals surface area contributed by atoms with Crippen molar-refractivity contribution in [2.24, 2.45) is 5.41 Å². The lowest BCUT2D eigenvalue weighted by atomic mass is 9.78. The Balaban J connectivity index is 1.29. The van der Waals surface area contributed by atoms with Crippen molar-refractivity contribution in [1.82, 2.24) is 14.9 Å². The molecule has 1 fully saturated rings. The SMILES string of the molecule is COC(=O)c1ccc(N2CCN(CC3=C(Br)CC(C)(C)CC3)CC2)cc1Oc1cnc2[nH]ccc2c1. The quantitative estimate of drug-likeness (QED) is 0.371. The third kappa shape index (κ3) is 5.44. The number of hydrogen-bond acceptors (Lipinski definition) is 6. The van der Waals surface area contributed by atoms with Crippen LogP contribution >= 0.6 is 15.9 Å². The summed E-state index contributed by atoms with van der Waals surface area (Å²) in [5, 5.41) is 0.947. The summed E-state index contributed by atoms with van der Waals surface area (Å²) in [4.78, 5) is 24.8. The van der Waals surface area contributed by atoms with Crippen LogP contribution in [-0.4, -0.2) is 60.7 Å². The fourth-order valence-electron chi connectivity index (χ4n) is 5.03. The molecule has 5 rings (SSSR count). The van der Waals surface area contributed by atoms with Gasteiger partial charge in [-0.1, -0.05) is 29.8 Å². The van der Waals surface area contributed by atoms with Gasteiger partial charge in [-0.05, 0) is 59.0 Å². The van der Waals surface area contributed by atoms with Crippen molar-refractivity contribution in [2.45, 2.75) is 33.1 Å². The predicted molar refractivity (Wildman–Crippen MR) is 146 cm³/mol. The minimum atomic E-state index is -0.424. The standard InChI is InChI=1S/C28H33BrN4O3/c1-28(2)8-6-20(24(29)16-28)18-32-10-12-33(13-11-32)21-4-5-23(27(34)35-3)25(15-21)36-22-14-19-7-9-30-26(19)31-17-22/h4-5,7,9,14-15,17H,6,8,10-13,16,18H2,1-3H3,(H,30,31). The molecule has 0 unspecified atom stereocenters. The smallest absolute Gasteiger partial charge is 0.341 e. The highest BCUT2D eigenvalue weighted by molar-refractivity contribution is 9.11. The topological polar surface area (TPSA) is 70.7 Å². The monoisotopic (exact) mass is 552 g/mol. The Morgan fingerprint density at radius 3 is 2.72 bits per heavy atom. The van der Waals surface area contributed by atoms with Gasteiger partial charge in [-0.2, -0.15) is 0 Å². The number of nitrogens with one attached hydrogen (secondary N) is 1. The number of carbonyl (C=O) groups excluding carboxylic acids is 1. The number of esters is 1. The number of halogens is 1. The first-order chi connectivity index (χ1) is 17.3. The van der Waals surface area contributed by atoms with Crippen molar-refractivity contribution in [1.29, 1.82) is 0 Å². The lowest BCUT2D eigenvalue weighted by molar-refractivity contribution is 0.0598. The minimum Gasteiger partial charge on any atom is -0.465 e. The minimum absolute atomic E-state index is 0.390. The first-order valence-electron chi connectivity index (χ1n) is 12.5. The molecule has 0 spiro atoms. The molecular weight excluding hydrogens is 520 g/mol. The molecule has 190 valence electrons. The number of methoxy groups -OCH3 is 1. The first kappa shape index (κ1) is 24.8. The maximum atomic E-state index is 12.4. The van der Waals surface area contributed by atoms with E-state index in [0.717, 1.165) is 55.9 Å². The van der Waals surface area contributed by atoms with Gasteiger partial charge in [-0.15, -0.1) is 0 Å². The van der Waals surface area contributed by atoms with E-state index in [1.165, 1.54) is 24.4 Å². The van der Waals surface area contributed by atoms with Crippen LogP contribution in [0.2, 0.25) is 0 Å². The van der Waals surface area contributed by atoms with Gasteiger partial charge in [-0.25, -0.2) is 9.78 Å². The molecule has 1 N–H and O–H groups in total. The van der Waals surface area contributed by atoms with Crippen molar-refractivity contribution in [3.05, 3.63) is 58.3 Å². The predicted octanol–water partition coefficient (Wildman–Crippen LogP) is 6.12. The molecule has 3 heterocycles. The number of hydrogen-bond donors (Lipinski definition) is 1. The van der Waals surface area contributed by atoms with Gasteiger partial charge in [-0.3, -0.25) is 4.90 Å². The van der Waals surface area contributed by atoms with Crippen LogP contribution in [-0.2, 0) is 4.74 Å². The van der Waals surface area contributed by atoms with Crippen LogP contribution in [0, 0.1) is 5.41 Å². The highest BCUT2D eigenvalue weighted by Crippen LogP contribution is 2.41. The highest BCUT2D eigenvalue weighted by Gasteiger charge is 2.28. The second-order valence-corrected chi connectivity index (χ2v) is 11.4. The normalized spacial score (nSPS) is 18.5. The number of anilines is 1. The molecule has 0 saturated carbocycles. The molecule has 1 aromatic carbocycles. The third-order valence-corrected chi connectivity index (χ3v) is 8.09. The van der Waals surface area contributed by atoms with E-state index < -0.39 is 5.97 Å². The van der Waals surface area contributed by atoms with Gasteiger partial charge in [0.25, 0.3) is 0 Å². The number of pyridine rings is 1. The molecule has 0 bridgehead atoms. The maximum absolute atomic E-state index is 12.4. The average Bonchev–Trinajstić information content (AvgIpc) is 3.33.